The summed E-state index contributed by atoms with van der Waals surface area (Å²) >= 11 is 0. The van der Waals surface area contributed by atoms with Crippen molar-refractivity contribution in [2.45, 2.75) is 46.5 Å². The lowest BCUT2D eigenvalue weighted by atomic mass is 9.95. The summed E-state index contributed by atoms with van der Waals surface area (Å²) in [6.45, 7) is 10.7. The molecule has 0 radical (unpaired) electrons. The van der Waals surface area contributed by atoms with Crippen molar-refractivity contribution < 1.29 is 0 Å². The molecule has 0 rings (SSSR count). The van der Waals surface area contributed by atoms with Crippen molar-refractivity contribution in [1.29, 1.82) is 0 Å². The summed E-state index contributed by atoms with van der Waals surface area (Å²) < 4.78 is 0. The van der Waals surface area contributed by atoms with Crippen LogP contribution in [0.2, 0.25) is 0 Å². The largest absolute Gasteiger partial charge is 0.103 e. The molecule has 0 spiro atoms. The summed E-state index contributed by atoms with van der Waals surface area (Å²) in [5.74, 6) is 1.74. The zero-order valence-electron chi connectivity index (χ0n) is 8.27. The quantitative estimate of drug-likeness (QED) is 0.507. The van der Waals surface area contributed by atoms with E-state index in [0.29, 0.717) is 0 Å². The number of hydrogen-bond donors (Lipinski definition) is 0. The SMILES string of the molecule is C=CCC(C)CCC(C)CC. The van der Waals surface area contributed by atoms with Crippen molar-refractivity contribution in [2.75, 3.05) is 0 Å². The second-order valence-corrected chi connectivity index (χ2v) is 3.72. The molecule has 2 atom stereocenters. The molecule has 0 amide bonds. The van der Waals surface area contributed by atoms with E-state index in [1.54, 1.807) is 0 Å². The predicted octanol–water partition coefficient (Wildman–Crippen LogP) is 4.02. The molecular weight excluding hydrogens is 132 g/mol. The normalized spacial score (nSPS) is 15.9. The van der Waals surface area contributed by atoms with Gasteiger partial charge in [-0.3, -0.25) is 0 Å². The van der Waals surface area contributed by atoms with Crippen LogP contribution in [-0.4, -0.2) is 0 Å². The molecule has 0 aliphatic carbocycles. The summed E-state index contributed by atoms with van der Waals surface area (Å²) in [5.41, 5.74) is 0. The van der Waals surface area contributed by atoms with Gasteiger partial charge in [-0.15, -0.1) is 6.58 Å². The maximum absolute atomic E-state index is 3.75. The first-order valence-corrected chi connectivity index (χ1v) is 4.81. The molecule has 0 fully saturated rings. The summed E-state index contributed by atoms with van der Waals surface area (Å²) in [7, 11) is 0. The van der Waals surface area contributed by atoms with Crippen LogP contribution in [0.4, 0.5) is 0 Å². The first-order valence-electron chi connectivity index (χ1n) is 4.81. The molecule has 0 N–H and O–H groups in total. The summed E-state index contributed by atoms with van der Waals surface area (Å²) in [5, 5.41) is 0. The third-order valence-electron chi connectivity index (χ3n) is 2.42. The lowest BCUT2D eigenvalue weighted by Gasteiger charge is -2.11. The highest BCUT2D eigenvalue weighted by atomic mass is 14.1. The average molecular weight is 154 g/mol. The highest BCUT2D eigenvalue weighted by molar-refractivity contribution is 4.70. The van der Waals surface area contributed by atoms with Crippen LogP contribution in [0.1, 0.15) is 46.5 Å². The van der Waals surface area contributed by atoms with Crippen LogP contribution in [0.25, 0.3) is 0 Å². The van der Waals surface area contributed by atoms with Gasteiger partial charge in [-0.2, -0.15) is 0 Å². The third kappa shape index (κ3) is 6.15. The minimum absolute atomic E-state index is 0.835. The van der Waals surface area contributed by atoms with Gasteiger partial charge >= 0.3 is 0 Å². The molecule has 0 aromatic heterocycles. The van der Waals surface area contributed by atoms with E-state index < -0.39 is 0 Å². The van der Waals surface area contributed by atoms with Crippen molar-refractivity contribution in [1.82, 2.24) is 0 Å². The molecule has 0 aliphatic rings. The van der Waals surface area contributed by atoms with Gasteiger partial charge in [0.25, 0.3) is 0 Å². The van der Waals surface area contributed by atoms with Crippen LogP contribution >= 0.6 is 0 Å². The van der Waals surface area contributed by atoms with Crippen molar-refractivity contribution in [3.8, 4) is 0 Å². The van der Waals surface area contributed by atoms with Crippen LogP contribution in [0.3, 0.4) is 0 Å². The molecule has 0 saturated carbocycles. The Morgan fingerprint density at radius 3 is 2.18 bits per heavy atom. The maximum Gasteiger partial charge on any atom is -0.0328 e. The van der Waals surface area contributed by atoms with Gasteiger partial charge in [-0.05, 0) is 18.3 Å². The molecule has 0 aliphatic heterocycles. The van der Waals surface area contributed by atoms with Gasteiger partial charge in [0.15, 0.2) is 0 Å². The molecule has 0 saturated heterocycles. The Morgan fingerprint density at radius 2 is 1.73 bits per heavy atom. The van der Waals surface area contributed by atoms with E-state index >= 15 is 0 Å². The minimum Gasteiger partial charge on any atom is -0.103 e. The van der Waals surface area contributed by atoms with Crippen molar-refractivity contribution in [3.05, 3.63) is 12.7 Å². The van der Waals surface area contributed by atoms with Gasteiger partial charge in [-0.25, -0.2) is 0 Å². The van der Waals surface area contributed by atoms with Crippen LogP contribution in [0, 0.1) is 11.8 Å². The Balaban J connectivity index is 3.29. The highest BCUT2D eigenvalue weighted by Gasteiger charge is 2.02. The zero-order chi connectivity index (χ0) is 8.69. The van der Waals surface area contributed by atoms with Gasteiger partial charge in [0, 0.05) is 0 Å². The van der Waals surface area contributed by atoms with Gasteiger partial charge in [0.2, 0.25) is 0 Å². The molecule has 11 heavy (non-hydrogen) atoms. The fraction of sp³-hybridized carbons (Fsp3) is 0.818. The molecule has 0 heterocycles. The number of rotatable bonds is 6. The fourth-order valence-corrected chi connectivity index (χ4v) is 1.18. The van der Waals surface area contributed by atoms with E-state index in [9.17, 15) is 0 Å². The zero-order valence-corrected chi connectivity index (χ0v) is 8.27. The van der Waals surface area contributed by atoms with E-state index in [1.165, 1.54) is 25.7 Å². The van der Waals surface area contributed by atoms with Crippen molar-refractivity contribution in [2.24, 2.45) is 11.8 Å². The topological polar surface area (TPSA) is 0 Å². The number of hydrogen-bond acceptors (Lipinski definition) is 0. The predicted molar refractivity (Wildman–Crippen MR) is 52.7 cm³/mol. The Bertz CT molecular complexity index is 94.2. The second kappa shape index (κ2) is 6.45. The molecule has 0 aromatic carbocycles. The van der Waals surface area contributed by atoms with Crippen molar-refractivity contribution in [3.63, 3.8) is 0 Å². The third-order valence-corrected chi connectivity index (χ3v) is 2.42. The van der Waals surface area contributed by atoms with Crippen LogP contribution in [-0.2, 0) is 0 Å². The lowest BCUT2D eigenvalue weighted by Crippen LogP contribution is -1.98. The molecule has 0 aromatic rings. The molecule has 0 heteroatoms. The van der Waals surface area contributed by atoms with Crippen LogP contribution < -0.4 is 0 Å². The van der Waals surface area contributed by atoms with Crippen LogP contribution in [0.5, 0.6) is 0 Å². The minimum atomic E-state index is 0.835. The fourth-order valence-electron chi connectivity index (χ4n) is 1.18. The Kier molecular flexibility index (Phi) is 6.30. The maximum atomic E-state index is 3.75. The molecule has 0 bridgehead atoms. The van der Waals surface area contributed by atoms with Gasteiger partial charge in [-0.1, -0.05) is 46.1 Å². The van der Waals surface area contributed by atoms with Crippen LogP contribution in [0.15, 0.2) is 12.7 Å². The van der Waals surface area contributed by atoms with Gasteiger partial charge in [0.05, 0.1) is 0 Å². The Morgan fingerprint density at radius 1 is 1.18 bits per heavy atom. The van der Waals surface area contributed by atoms with E-state index in [-0.39, 0.29) is 0 Å². The summed E-state index contributed by atoms with van der Waals surface area (Å²) in [6.07, 6.45) is 7.27. The molecular formula is C11H22. The molecule has 0 nitrogen and oxygen atoms in total. The van der Waals surface area contributed by atoms with Crippen molar-refractivity contribution >= 4 is 0 Å². The Labute approximate surface area is 71.7 Å². The monoisotopic (exact) mass is 154 g/mol. The van der Waals surface area contributed by atoms with E-state index in [0.717, 1.165) is 11.8 Å². The molecule has 66 valence electrons. The first kappa shape index (κ1) is 10.7. The summed E-state index contributed by atoms with van der Waals surface area (Å²) in [4.78, 5) is 0. The average Bonchev–Trinajstić information content (AvgIpc) is 2.01. The summed E-state index contributed by atoms with van der Waals surface area (Å²) in [6, 6.07) is 0. The standard InChI is InChI=1S/C11H22/c1-5-7-11(4)9-8-10(3)6-2/h5,10-11H,1,6-9H2,2-4H3. The van der Waals surface area contributed by atoms with E-state index in [2.05, 4.69) is 27.4 Å². The van der Waals surface area contributed by atoms with E-state index in [4.69, 9.17) is 0 Å². The van der Waals surface area contributed by atoms with Gasteiger partial charge < -0.3 is 0 Å². The molecule has 2 unspecified atom stereocenters. The second-order valence-electron chi connectivity index (χ2n) is 3.72. The highest BCUT2D eigenvalue weighted by Crippen LogP contribution is 2.16. The lowest BCUT2D eigenvalue weighted by molar-refractivity contribution is 0.425. The number of allylic oxidation sites excluding steroid dienone is 1. The van der Waals surface area contributed by atoms with Gasteiger partial charge in [0.1, 0.15) is 0 Å². The smallest absolute Gasteiger partial charge is 0.0328 e. The van der Waals surface area contributed by atoms with E-state index in [1.807, 2.05) is 6.08 Å². The Hall–Kier alpha value is -0.260. The first-order chi connectivity index (χ1) is 5.20.